The minimum atomic E-state index is 0.585. The van der Waals surface area contributed by atoms with Crippen LogP contribution in [-0.2, 0) is 25.3 Å². The number of alkyl halides is 1. The molecule has 0 fully saturated rings. The zero-order valence-corrected chi connectivity index (χ0v) is 25.4. The van der Waals surface area contributed by atoms with Gasteiger partial charge in [-0.25, -0.2) is 0 Å². The lowest BCUT2D eigenvalue weighted by atomic mass is 9.99. The Morgan fingerprint density at radius 1 is 0.558 bits per heavy atom. The molecule has 6 aromatic rings. The third kappa shape index (κ3) is 7.04. The third-order valence-electron chi connectivity index (χ3n) is 8.43. The fourth-order valence-corrected chi connectivity index (χ4v) is 6.47. The molecule has 2 aliphatic rings. The maximum Gasteiger partial charge on any atom is 0.0480 e. The topological polar surface area (TPSA) is 15.3 Å². The van der Waals surface area contributed by atoms with Crippen LogP contribution in [0.25, 0.3) is 21.5 Å². The van der Waals surface area contributed by atoms with Crippen LogP contribution in [0.4, 0.5) is 11.4 Å². The first-order valence-corrected chi connectivity index (χ1v) is 16.0. The van der Waals surface area contributed by atoms with Gasteiger partial charge in [0.15, 0.2) is 0 Å². The van der Waals surface area contributed by atoms with Crippen molar-refractivity contribution in [2.75, 3.05) is 23.3 Å². The first-order valence-electron chi connectivity index (χ1n) is 15.4. The maximum atomic E-state index is 5.81. The molecular weight excluding hydrogens is 544 g/mol. The van der Waals surface area contributed by atoms with Crippen molar-refractivity contribution in [1.82, 2.24) is 0 Å². The average molecular weight is 583 g/mol. The Kier molecular flexibility index (Phi) is 9.57. The number of benzene rings is 6. The summed E-state index contributed by atoms with van der Waals surface area (Å²) >= 11 is 5.81. The first-order chi connectivity index (χ1) is 21.3. The fraction of sp³-hybridized carbons (Fsp3) is 0.200. The Morgan fingerprint density at radius 2 is 1.14 bits per heavy atom. The molecule has 0 atom stereocenters. The van der Waals surface area contributed by atoms with Crippen LogP contribution in [0, 0.1) is 0 Å². The zero-order chi connectivity index (χ0) is 29.3. The number of para-hydroxylation sites is 2. The molecular formula is C40H39ClN2. The molecule has 1 N–H and O–H groups in total. The molecule has 0 unspecified atom stereocenters. The summed E-state index contributed by atoms with van der Waals surface area (Å²) in [4.78, 5) is 2.53. The molecule has 2 nitrogen and oxygen atoms in total. The van der Waals surface area contributed by atoms with Gasteiger partial charge in [-0.1, -0.05) is 121 Å². The van der Waals surface area contributed by atoms with Crippen LogP contribution in [0.15, 0.2) is 133 Å². The van der Waals surface area contributed by atoms with Crippen molar-refractivity contribution < 1.29 is 0 Å². The minimum Gasteiger partial charge on any atom is -0.385 e. The predicted octanol–water partition coefficient (Wildman–Crippen LogP) is 10.4. The normalized spacial score (nSPS) is 13.5. The van der Waals surface area contributed by atoms with Gasteiger partial charge in [0.2, 0.25) is 0 Å². The molecule has 3 heteroatoms. The molecule has 8 rings (SSSR count). The van der Waals surface area contributed by atoms with E-state index in [0.29, 0.717) is 5.88 Å². The molecule has 0 saturated heterocycles. The molecule has 2 heterocycles. The third-order valence-corrected chi connectivity index (χ3v) is 8.72. The largest absolute Gasteiger partial charge is 0.385 e. The number of hydrogen-bond acceptors (Lipinski definition) is 2. The molecule has 43 heavy (non-hydrogen) atoms. The quantitative estimate of drug-likeness (QED) is 0.209. The number of aryl methyl sites for hydroxylation is 2. The van der Waals surface area contributed by atoms with E-state index in [9.17, 15) is 0 Å². The Labute approximate surface area is 260 Å². The van der Waals surface area contributed by atoms with E-state index in [0.717, 1.165) is 19.6 Å². The summed E-state index contributed by atoms with van der Waals surface area (Å²) in [6.07, 6.45) is 4.98. The van der Waals surface area contributed by atoms with Gasteiger partial charge in [-0.05, 0) is 81.6 Å². The molecule has 2 aliphatic heterocycles. The number of anilines is 2. The van der Waals surface area contributed by atoms with Crippen molar-refractivity contribution in [2.45, 2.75) is 38.1 Å². The Balaban J connectivity index is 0.000000126. The van der Waals surface area contributed by atoms with Crippen molar-refractivity contribution in [3.63, 3.8) is 0 Å². The molecule has 0 saturated carbocycles. The Hall–Kier alpha value is -4.27. The van der Waals surface area contributed by atoms with Crippen LogP contribution in [0.1, 0.15) is 35.1 Å². The molecule has 0 amide bonds. The summed E-state index contributed by atoms with van der Waals surface area (Å²) in [6.45, 7) is 3.29. The van der Waals surface area contributed by atoms with Gasteiger partial charge in [0, 0.05) is 36.9 Å². The van der Waals surface area contributed by atoms with E-state index in [1.807, 2.05) is 18.2 Å². The number of nitrogens with one attached hydrogen (secondary N) is 1. The van der Waals surface area contributed by atoms with E-state index in [-0.39, 0.29) is 0 Å². The van der Waals surface area contributed by atoms with Crippen LogP contribution >= 0.6 is 11.6 Å². The summed E-state index contributed by atoms with van der Waals surface area (Å²) in [7, 11) is 0. The van der Waals surface area contributed by atoms with E-state index in [1.54, 1.807) is 0 Å². The standard InChI is InChI=1S/C20H19N.C11H9Cl.C9H11N/c1-3-12-19-16(7-1)9-5-10-18(19)15-21-14-6-11-17-8-2-4-13-20(17)21;12-8-10-6-3-5-9-4-1-2-7-11(9)10;1-2-6-9-8(4-1)5-3-7-10-9/h1-5,7-10,12-13H,6,11,14-15H2;1-7H,8H2;1-2,4,6,10H,3,5,7H2. The zero-order valence-electron chi connectivity index (χ0n) is 24.7. The van der Waals surface area contributed by atoms with E-state index >= 15 is 0 Å². The number of nitrogens with zero attached hydrogens (tertiary/aromatic N) is 1. The Morgan fingerprint density at radius 3 is 1.88 bits per heavy atom. The fourth-order valence-electron chi connectivity index (χ4n) is 6.23. The molecule has 0 spiro atoms. The van der Waals surface area contributed by atoms with E-state index in [2.05, 4.69) is 125 Å². The van der Waals surface area contributed by atoms with Gasteiger partial charge in [-0.3, -0.25) is 0 Å². The summed E-state index contributed by atoms with van der Waals surface area (Å²) in [5.41, 5.74) is 8.32. The van der Waals surface area contributed by atoms with Crippen LogP contribution in [-0.4, -0.2) is 13.1 Å². The highest BCUT2D eigenvalue weighted by Gasteiger charge is 2.17. The van der Waals surface area contributed by atoms with Gasteiger partial charge in [-0.2, -0.15) is 0 Å². The molecule has 6 aromatic carbocycles. The number of hydrogen-bond donors (Lipinski definition) is 1. The monoisotopic (exact) mass is 582 g/mol. The smallest absolute Gasteiger partial charge is 0.0480 e. The second kappa shape index (κ2) is 14.3. The van der Waals surface area contributed by atoms with Gasteiger partial charge in [0.1, 0.15) is 0 Å². The van der Waals surface area contributed by atoms with Crippen molar-refractivity contribution in [1.29, 1.82) is 0 Å². The van der Waals surface area contributed by atoms with Gasteiger partial charge >= 0.3 is 0 Å². The maximum absolute atomic E-state index is 5.81. The van der Waals surface area contributed by atoms with Gasteiger partial charge in [-0.15, -0.1) is 11.6 Å². The minimum absolute atomic E-state index is 0.585. The van der Waals surface area contributed by atoms with Crippen LogP contribution in [0.3, 0.4) is 0 Å². The number of fused-ring (bicyclic) bond motifs is 4. The summed E-state index contributed by atoms with van der Waals surface area (Å²) in [6, 6.07) is 47.2. The van der Waals surface area contributed by atoms with E-state index in [1.165, 1.54) is 80.9 Å². The first kappa shape index (κ1) is 28.8. The van der Waals surface area contributed by atoms with Crippen LogP contribution < -0.4 is 10.2 Å². The SMILES string of the molecule is ClCc1cccc2ccccc12.c1ccc2c(c1)CCCN2.c1ccc2c(c1)CCCN2Cc1cccc2ccccc12. The van der Waals surface area contributed by atoms with Crippen molar-refractivity contribution in [2.24, 2.45) is 0 Å². The molecule has 216 valence electrons. The second-order valence-electron chi connectivity index (χ2n) is 11.3. The summed E-state index contributed by atoms with van der Waals surface area (Å²) < 4.78 is 0. The van der Waals surface area contributed by atoms with Gasteiger partial charge < -0.3 is 10.2 Å². The molecule has 0 bridgehead atoms. The molecule has 0 radical (unpaired) electrons. The summed E-state index contributed by atoms with van der Waals surface area (Å²) in [5.74, 6) is 0.585. The second-order valence-corrected chi connectivity index (χ2v) is 11.5. The predicted molar refractivity (Wildman–Crippen MR) is 187 cm³/mol. The highest BCUT2D eigenvalue weighted by molar-refractivity contribution is 6.18. The number of halogens is 1. The lowest BCUT2D eigenvalue weighted by molar-refractivity contribution is 0.693. The Bertz CT molecular complexity index is 1760. The molecule has 0 aromatic heterocycles. The molecule has 0 aliphatic carbocycles. The highest BCUT2D eigenvalue weighted by Crippen LogP contribution is 2.30. The number of rotatable bonds is 3. The summed E-state index contributed by atoms with van der Waals surface area (Å²) in [5, 5.41) is 8.59. The van der Waals surface area contributed by atoms with Crippen LogP contribution in [0.2, 0.25) is 0 Å². The van der Waals surface area contributed by atoms with Crippen LogP contribution in [0.5, 0.6) is 0 Å². The van der Waals surface area contributed by atoms with Crippen molar-refractivity contribution >= 4 is 44.5 Å². The lowest BCUT2D eigenvalue weighted by Gasteiger charge is -2.31. The lowest BCUT2D eigenvalue weighted by Crippen LogP contribution is -2.28. The van der Waals surface area contributed by atoms with E-state index < -0.39 is 0 Å². The van der Waals surface area contributed by atoms with Crippen molar-refractivity contribution in [3.8, 4) is 0 Å². The highest BCUT2D eigenvalue weighted by atomic mass is 35.5. The van der Waals surface area contributed by atoms with Gasteiger partial charge in [0.05, 0.1) is 0 Å². The van der Waals surface area contributed by atoms with E-state index in [4.69, 9.17) is 11.6 Å². The van der Waals surface area contributed by atoms with Gasteiger partial charge in [0.25, 0.3) is 0 Å². The average Bonchev–Trinajstić information content (AvgIpc) is 3.09. The van der Waals surface area contributed by atoms with Crippen molar-refractivity contribution in [3.05, 3.63) is 156 Å².